The van der Waals surface area contributed by atoms with Crippen LogP contribution in [0.5, 0.6) is 0 Å². The van der Waals surface area contributed by atoms with Crippen LogP contribution < -0.4 is 10.5 Å². The first-order chi connectivity index (χ1) is 15.7. The third-order valence-corrected chi connectivity index (χ3v) is 6.91. The van der Waals surface area contributed by atoms with E-state index in [9.17, 15) is 34.8 Å². The quantitative estimate of drug-likeness (QED) is 0.450. The van der Waals surface area contributed by atoms with Crippen molar-refractivity contribution in [1.29, 1.82) is 0 Å². The van der Waals surface area contributed by atoms with Crippen molar-refractivity contribution >= 4 is 10.0 Å². The zero-order valence-electron chi connectivity index (χ0n) is 17.7. The van der Waals surface area contributed by atoms with Crippen LogP contribution >= 0.6 is 0 Å². The van der Waals surface area contributed by atoms with Crippen molar-refractivity contribution in [3.8, 4) is 0 Å². The predicted molar refractivity (Wildman–Crippen MR) is 114 cm³/mol. The number of benzene rings is 3. The van der Waals surface area contributed by atoms with E-state index in [4.69, 9.17) is 5.73 Å². The van der Waals surface area contributed by atoms with Crippen LogP contribution in [0.25, 0.3) is 0 Å². The molecule has 3 aromatic rings. The van der Waals surface area contributed by atoms with Gasteiger partial charge < -0.3 is 5.73 Å². The fraction of sp³-hybridized carbons (Fsp3) is 0.217. The first-order valence-electron chi connectivity index (χ1n) is 9.87. The standard InChI is InChI=1S/C23H20F6N2O2S/c1-15(21(30,16-8-4-2-5-9-16)17-10-6-3-7-11-17)31-34(32,33)20-13-18(22(24,25)26)12-19(14-20)23(27,28)29/h2-15,31H,30H2,1H3/t15-/m0/s1. The minimum atomic E-state index is -5.19. The molecule has 4 nitrogen and oxygen atoms in total. The van der Waals surface area contributed by atoms with Crippen molar-refractivity contribution in [2.75, 3.05) is 0 Å². The summed E-state index contributed by atoms with van der Waals surface area (Å²) in [4.78, 5) is -1.18. The van der Waals surface area contributed by atoms with Gasteiger partial charge in [-0.2, -0.15) is 26.3 Å². The number of sulfonamides is 1. The molecule has 0 saturated heterocycles. The largest absolute Gasteiger partial charge is 0.416 e. The molecule has 0 bridgehead atoms. The highest BCUT2D eigenvalue weighted by Crippen LogP contribution is 2.38. The topological polar surface area (TPSA) is 72.2 Å². The Labute approximate surface area is 192 Å². The molecule has 3 aromatic carbocycles. The fourth-order valence-electron chi connectivity index (χ4n) is 3.57. The lowest BCUT2D eigenvalue weighted by Crippen LogP contribution is -2.55. The van der Waals surface area contributed by atoms with Crippen LogP contribution in [0.2, 0.25) is 0 Å². The van der Waals surface area contributed by atoms with Gasteiger partial charge in [-0.05, 0) is 36.2 Å². The molecule has 34 heavy (non-hydrogen) atoms. The van der Waals surface area contributed by atoms with Crippen molar-refractivity contribution < 1.29 is 34.8 Å². The number of hydrogen-bond donors (Lipinski definition) is 2. The van der Waals surface area contributed by atoms with E-state index >= 15 is 0 Å². The number of hydrogen-bond acceptors (Lipinski definition) is 3. The Morgan fingerprint density at radius 3 is 1.44 bits per heavy atom. The van der Waals surface area contributed by atoms with Crippen LogP contribution in [0.15, 0.2) is 83.8 Å². The van der Waals surface area contributed by atoms with E-state index < -0.39 is 50.0 Å². The maximum absolute atomic E-state index is 13.2. The number of halogens is 6. The molecular weight excluding hydrogens is 482 g/mol. The summed E-state index contributed by atoms with van der Waals surface area (Å²) in [7, 11) is -4.85. The van der Waals surface area contributed by atoms with E-state index in [1.54, 1.807) is 60.7 Å². The molecule has 0 aliphatic heterocycles. The smallest absolute Gasteiger partial charge is 0.316 e. The molecule has 182 valence electrons. The molecule has 11 heteroatoms. The highest BCUT2D eigenvalue weighted by molar-refractivity contribution is 7.89. The Morgan fingerprint density at radius 2 is 1.09 bits per heavy atom. The van der Waals surface area contributed by atoms with Gasteiger partial charge in [-0.25, -0.2) is 13.1 Å². The van der Waals surface area contributed by atoms with Gasteiger partial charge in [0.15, 0.2) is 0 Å². The Morgan fingerprint density at radius 1 is 0.706 bits per heavy atom. The molecule has 1 atom stereocenters. The highest BCUT2D eigenvalue weighted by atomic mass is 32.2. The number of nitrogens with one attached hydrogen (secondary N) is 1. The number of alkyl halides is 6. The maximum atomic E-state index is 13.2. The molecule has 0 radical (unpaired) electrons. The molecule has 0 aliphatic rings. The highest BCUT2D eigenvalue weighted by Gasteiger charge is 2.41. The molecule has 0 unspecified atom stereocenters. The van der Waals surface area contributed by atoms with Crippen molar-refractivity contribution in [1.82, 2.24) is 4.72 Å². The van der Waals surface area contributed by atoms with E-state index in [1.807, 2.05) is 0 Å². The van der Waals surface area contributed by atoms with Crippen LogP contribution in [0, 0.1) is 0 Å². The number of nitrogens with two attached hydrogens (primary N) is 1. The van der Waals surface area contributed by atoms with Crippen LogP contribution in [0.3, 0.4) is 0 Å². The Balaban J connectivity index is 2.10. The number of rotatable bonds is 6. The Hall–Kier alpha value is -2.89. The van der Waals surface area contributed by atoms with Crippen molar-refractivity contribution in [2.24, 2.45) is 5.73 Å². The van der Waals surface area contributed by atoms with Gasteiger partial charge in [-0.15, -0.1) is 0 Å². The molecule has 0 heterocycles. The van der Waals surface area contributed by atoms with Gasteiger partial charge in [0.1, 0.15) is 0 Å². The van der Waals surface area contributed by atoms with E-state index in [0.717, 1.165) is 0 Å². The summed E-state index contributed by atoms with van der Waals surface area (Å²) in [5.41, 5.74) is 2.68. The summed E-state index contributed by atoms with van der Waals surface area (Å²) in [6.45, 7) is 1.38. The zero-order chi connectivity index (χ0) is 25.4. The van der Waals surface area contributed by atoms with Gasteiger partial charge in [0.05, 0.1) is 21.6 Å². The second-order valence-electron chi connectivity index (χ2n) is 7.69. The van der Waals surface area contributed by atoms with Crippen LogP contribution in [0.4, 0.5) is 26.3 Å². The average molecular weight is 502 g/mol. The molecular formula is C23H20F6N2O2S. The molecule has 0 aromatic heterocycles. The fourth-order valence-corrected chi connectivity index (χ4v) is 4.92. The molecule has 0 amide bonds. The monoisotopic (exact) mass is 502 g/mol. The van der Waals surface area contributed by atoms with Gasteiger partial charge in [0.25, 0.3) is 0 Å². The predicted octanol–water partition coefficient (Wildman–Crippen LogP) is 5.29. The van der Waals surface area contributed by atoms with Gasteiger partial charge in [-0.1, -0.05) is 60.7 Å². The Bertz CT molecular complexity index is 1170. The van der Waals surface area contributed by atoms with E-state index in [-0.39, 0.29) is 18.2 Å². The van der Waals surface area contributed by atoms with Gasteiger partial charge in [0.2, 0.25) is 10.0 Å². The third-order valence-electron chi connectivity index (χ3n) is 5.39. The summed E-state index contributed by atoms with van der Waals surface area (Å²) < 4.78 is 107. The van der Waals surface area contributed by atoms with Gasteiger partial charge in [-0.3, -0.25) is 0 Å². The summed E-state index contributed by atoms with van der Waals surface area (Å²) in [6.07, 6.45) is -10.4. The molecule has 0 aliphatic carbocycles. The molecule has 3 N–H and O–H groups in total. The zero-order valence-corrected chi connectivity index (χ0v) is 18.5. The average Bonchev–Trinajstić information content (AvgIpc) is 2.78. The van der Waals surface area contributed by atoms with Crippen molar-refractivity contribution in [3.05, 3.63) is 101 Å². The minimum Gasteiger partial charge on any atom is -0.316 e. The third kappa shape index (κ3) is 5.26. The summed E-state index contributed by atoms with van der Waals surface area (Å²) in [5.74, 6) is 0. The molecule has 3 rings (SSSR count). The van der Waals surface area contributed by atoms with Crippen LogP contribution in [-0.2, 0) is 27.9 Å². The normalized spacial score (nSPS) is 14.1. The minimum absolute atomic E-state index is 0.135. The summed E-state index contributed by atoms with van der Waals surface area (Å²) >= 11 is 0. The SMILES string of the molecule is C[C@H](NS(=O)(=O)c1cc(C(F)(F)F)cc(C(F)(F)F)c1)C(N)(c1ccccc1)c1ccccc1. The molecule has 0 spiro atoms. The lowest BCUT2D eigenvalue weighted by Gasteiger charge is -2.37. The first kappa shape index (κ1) is 25.7. The van der Waals surface area contributed by atoms with E-state index in [1.165, 1.54) is 6.92 Å². The first-order valence-corrected chi connectivity index (χ1v) is 11.4. The summed E-state index contributed by atoms with van der Waals surface area (Å²) in [6, 6.07) is 15.7. The van der Waals surface area contributed by atoms with Crippen LogP contribution in [-0.4, -0.2) is 14.5 Å². The van der Waals surface area contributed by atoms with E-state index in [0.29, 0.717) is 11.1 Å². The van der Waals surface area contributed by atoms with E-state index in [2.05, 4.69) is 4.72 Å². The summed E-state index contributed by atoms with van der Waals surface area (Å²) in [5, 5.41) is 0. The lowest BCUT2D eigenvalue weighted by atomic mass is 9.79. The second kappa shape index (κ2) is 9.05. The maximum Gasteiger partial charge on any atom is 0.416 e. The lowest BCUT2D eigenvalue weighted by molar-refractivity contribution is -0.143. The Kier molecular flexibility index (Phi) is 6.84. The van der Waals surface area contributed by atoms with Gasteiger partial charge in [0, 0.05) is 6.04 Å². The molecule has 0 saturated carbocycles. The van der Waals surface area contributed by atoms with Crippen molar-refractivity contribution in [2.45, 2.75) is 35.8 Å². The van der Waals surface area contributed by atoms with Crippen molar-refractivity contribution in [3.63, 3.8) is 0 Å². The molecule has 0 fully saturated rings. The second-order valence-corrected chi connectivity index (χ2v) is 9.40. The van der Waals surface area contributed by atoms with Crippen LogP contribution in [0.1, 0.15) is 29.2 Å². The van der Waals surface area contributed by atoms with Gasteiger partial charge >= 0.3 is 12.4 Å².